The zero-order valence-corrected chi connectivity index (χ0v) is 7.36. The highest BCUT2D eigenvalue weighted by Gasteiger charge is 2.26. The molecular weight excluding hydrogens is 156 g/mol. The fraction of sp³-hybridized carbons (Fsp3) is 0.889. The van der Waals surface area contributed by atoms with Gasteiger partial charge in [-0.3, -0.25) is 4.79 Å². The van der Waals surface area contributed by atoms with Crippen LogP contribution in [-0.4, -0.2) is 22.3 Å². The summed E-state index contributed by atoms with van der Waals surface area (Å²) in [5.74, 6) is -0.174. The third-order valence-corrected chi connectivity index (χ3v) is 2.70. The van der Waals surface area contributed by atoms with Crippen molar-refractivity contribution in [3.63, 3.8) is 0 Å². The Balaban J connectivity index is 2.35. The summed E-state index contributed by atoms with van der Waals surface area (Å²) in [4.78, 5) is 10.4. The first-order valence-electron chi connectivity index (χ1n) is 4.49. The summed E-state index contributed by atoms with van der Waals surface area (Å²) >= 11 is 0. The normalized spacial score (nSPS) is 36.3. The second-order valence-corrected chi connectivity index (χ2v) is 3.82. The quantitative estimate of drug-likeness (QED) is 0.659. The van der Waals surface area contributed by atoms with Crippen molar-refractivity contribution in [3.05, 3.63) is 0 Å². The van der Waals surface area contributed by atoms with Crippen LogP contribution in [0.25, 0.3) is 0 Å². The Labute approximate surface area is 72.4 Å². The van der Waals surface area contributed by atoms with Crippen LogP contribution in [0.4, 0.5) is 0 Å². The Morgan fingerprint density at radius 3 is 2.67 bits per heavy atom. The molecule has 0 amide bonds. The van der Waals surface area contributed by atoms with Crippen molar-refractivity contribution in [3.8, 4) is 0 Å². The van der Waals surface area contributed by atoms with Gasteiger partial charge in [0.15, 0.2) is 0 Å². The number of carbonyl (C=O) groups is 1. The van der Waals surface area contributed by atoms with Gasteiger partial charge in [-0.05, 0) is 31.1 Å². The molecule has 1 saturated carbocycles. The molecule has 0 aromatic rings. The van der Waals surface area contributed by atoms with Gasteiger partial charge in [0.25, 0.3) is 0 Å². The van der Waals surface area contributed by atoms with Crippen LogP contribution in [0.2, 0.25) is 0 Å². The molecule has 70 valence electrons. The zero-order chi connectivity index (χ0) is 9.14. The van der Waals surface area contributed by atoms with E-state index in [1.807, 2.05) is 6.92 Å². The summed E-state index contributed by atoms with van der Waals surface area (Å²) in [5, 5.41) is 17.9. The molecule has 3 unspecified atom stereocenters. The Morgan fingerprint density at radius 2 is 2.17 bits per heavy atom. The molecule has 0 aromatic carbocycles. The van der Waals surface area contributed by atoms with Crippen molar-refractivity contribution in [2.75, 3.05) is 0 Å². The first kappa shape index (κ1) is 9.52. The molecule has 12 heavy (non-hydrogen) atoms. The van der Waals surface area contributed by atoms with Crippen LogP contribution in [0.5, 0.6) is 0 Å². The highest BCUT2D eigenvalue weighted by Crippen LogP contribution is 2.30. The molecule has 3 atom stereocenters. The SMILES string of the molecule is CC1CC(CC(=O)O)CCC1O. The molecule has 3 nitrogen and oxygen atoms in total. The second-order valence-electron chi connectivity index (χ2n) is 3.82. The third-order valence-electron chi connectivity index (χ3n) is 2.70. The monoisotopic (exact) mass is 172 g/mol. The lowest BCUT2D eigenvalue weighted by molar-refractivity contribution is -0.138. The van der Waals surface area contributed by atoms with E-state index in [1.165, 1.54) is 0 Å². The molecular formula is C9H16O3. The predicted octanol–water partition coefficient (Wildman–Crippen LogP) is 1.26. The van der Waals surface area contributed by atoms with Crippen LogP contribution in [0, 0.1) is 11.8 Å². The smallest absolute Gasteiger partial charge is 0.303 e. The molecule has 0 bridgehead atoms. The van der Waals surface area contributed by atoms with Gasteiger partial charge in [0.2, 0.25) is 0 Å². The lowest BCUT2D eigenvalue weighted by atomic mass is 9.79. The minimum Gasteiger partial charge on any atom is -0.481 e. The van der Waals surface area contributed by atoms with Crippen LogP contribution in [0.1, 0.15) is 32.6 Å². The average molecular weight is 172 g/mol. The number of hydrogen-bond acceptors (Lipinski definition) is 2. The zero-order valence-electron chi connectivity index (χ0n) is 7.36. The maximum atomic E-state index is 10.4. The lowest BCUT2D eigenvalue weighted by Gasteiger charge is -2.30. The molecule has 2 N–H and O–H groups in total. The van der Waals surface area contributed by atoms with Crippen molar-refractivity contribution in [2.45, 2.75) is 38.7 Å². The number of carboxylic acid groups (broad SMARTS) is 1. The third kappa shape index (κ3) is 2.48. The Bertz CT molecular complexity index is 167. The summed E-state index contributed by atoms with van der Waals surface area (Å²) in [6, 6.07) is 0. The first-order chi connectivity index (χ1) is 5.59. The number of rotatable bonds is 2. The van der Waals surface area contributed by atoms with Crippen molar-refractivity contribution in [1.29, 1.82) is 0 Å². The molecule has 3 heteroatoms. The molecule has 0 aromatic heterocycles. The molecule has 0 aliphatic heterocycles. The van der Waals surface area contributed by atoms with Gasteiger partial charge in [-0.2, -0.15) is 0 Å². The van der Waals surface area contributed by atoms with Gasteiger partial charge in [-0.25, -0.2) is 0 Å². The molecule has 0 heterocycles. The number of aliphatic hydroxyl groups excluding tert-OH is 1. The van der Waals surface area contributed by atoms with Crippen molar-refractivity contribution in [2.24, 2.45) is 11.8 Å². The predicted molar refractivity (Wildman–Crippen MR) is 44.8 cm³/mol. The van der Waals surface area contributed by atoms with E-state index < -0.39 is 5.97 Å². The second kappa shape index (κ2) is 3.90. The minimum atomic E-state index is -0.719. The Hall–Kier alpha value is -0.570. The fourth-order valence-electron chi connectivity index (χ4n) is 1.92. The standard InChI is InChI=1S/C9H16O3/c1-6-4-7(5-9(11)12)2-3-8(6)10/h6-8,10H,2-5H2,1H3,(H,11,12). The van der Waals surface area contributed by atoms with Crippen molar-refractivity contribution in [1.82, 2.24) is 0 Å². The van der Waals surface area contributed by atoms with Crippen LogP contribution >= 0.6 is 0 Å². The molecule has 0 radical (unpaired) electrons. The van der Waals surface area contributed by atoms with Gasteiger partial charge in [0.05, 0.1) is 6.10 Å². The molecule has 1 fully saturated rings. The Morgan fingerprint density at radius 1 is 1.50 bits per heavy atom. The van der Waals surface area contributed by atoms with Gasteiger partial charge in [-0.1, -0.05) is 6.92 Å². The topological polar surface area (TPSA) is 57.5 Å². The minimum absolute atomic E-state index is 0.213. The number of aliphatic carboxylic acids is 1. The number of hydrogen-bond donors (Lipinski definition) is 2. The van der Waals surface area contributed by atoms with E-state index in [0.717, 1.165) is 19.3 Å². The number of carboxylic acids is 1. The molecule has 1 aliphatic carbocycles. The average Bonchev–Trinajstić information content (AvgIpc) is 1.96. The number of aliphatic hydroxyl groups is 1. The Kier molecular flexibility index (Phi) is 3.09. The maximum Gasteiger partial charge on any atom is 0.303 e. The van der Waals surface area contributed by atoms with Gasteiger partial charge < -0.3 is 10.2 Å². The fourth-order valence-corrected chi connectivity index (χ4v) is 1.92. The lowest BCUT2D eigenvalue weighted by Crippen LogP contribution is -2.28. The molecule has 1 aliphatic rings. The highest BCUT2D eigenvalue weighted by molar-refractivity contribution is 5.67. The summed E-state index contributed by atoms with van der Waals surface area (Å²) in [5.41, 5.74) is 0. The van der Waals surface area contributed by atoms with E-state index in [0.29, 0.717) is 0 Å². The van der Waals surface area contributed by atoms with Gasteiger partial charge in [-0.15, -0.1) is 0 Å². The van der Waals surface area contributed by atoms with E-state index in [2.05, 4.69) is 0 Å². The maximum absolute atomic E-state index is 10.4. The van der Waals surface area contributed by atoms with E-state index in [9.17, 15) is 9.90 Å². The van der Waals surface area contributed by atoms with E-state index in [-0.39, 0.29) is 24.4 Å². The first-order valence-corrected chi connectivity index (χ1v) is 4.49. The summed E-state index contributed by atoms with van der Waals surface area (Å²) in [6.07, 6.45) is 2.52. The van der Waals surface area contributed by atoms with E-state index >= 15 is 0 Å². The van der Waals surface area contributed by atoms with E-state index in [4.69, 9.17) is 5.11 Å². The van der Waals surface area contributed by atoms with E-state index in [1.54, 1.807) is 0 Å². The van der Waals surface area contributed by atoms with Crippen LogP contribution < -0.4 is 0 Å². The van der Waals surface area contributed by atoms with Crippen molar-refractivity contribution < 1.29 is 15.0 Å². The molecule has 0 saturated heterocycles. The van der Waals surface area contributed by atoms with Crippen molar-refractivity contribution >= 4 is 5.97 Å². The largest absolute Gasteiger partial charge is 0.481 e. The highest BCUT2D eigenvalue weighted by atomic mass is 16.4. The molecule has 1 rings (SSSR count). The van der Waals surface area contributed by atoms with Crippen LogP contribution in [-0.2, 0) is 4.79 Å². The van der Waals surface area contributed by atoms with Gasteiger partial charge in [0.1, 0.15) is 0 Å². The van der Waals surface area contributed by atoms with Crippen LogP contribution in [0.15, 0.2) is 0 Å². The summed E-state index contributed by atoms with van der Waals surface area (Å²) < 4.78 is 0. The van der Waals surface area contributed by atoms with Crippen LogP contribution in [0.3, 0.4) is 0 Å². The molecule has 0 spiro atoms. The summed E-state index contributed by atoms with van der Waals surface area (Å²) in [6.45, 7) is 1.98. The summed E-state index contributed by atoms with van der Waals surface area (Å²) in [7, 11) is 0. The van der Waals surface area contributed by atoms with Gasteiger partial charge >= 0.3 is 5.97 Å². The van der Waals surface area contributed by atoms with Gasteiger partial charge in [0, 0.05) is 6.42 Å².